The molecular formula is C15H17BrN2O. The molecule has 0 aliphatic rings. The molecule has 0 radical (unpaired) electrons. The number of hydrogen-bond donors (Lipinski definition) is 1. The number of rotatable bonds is 5. The average molecular weight is 321 g/mol. The Bertz CT molecular complexity index is 531. The van der Waals surface area contributed by atoms with Gasteiger partial charge in [0.2, 0.25) is 0 Å². The van der Waals surface area contributed by atoms with Crippen molar-refractivity contribution >= 4 is 15.9 Å². The van der Waals surface area contributed by atoms with Gasteiger partial charge in [-0.1, -0.05) is 22.0 Å². The van der Waals surface area contributed by atoms with Gasteiger partial charge >= 0.3 is 0 Å². The Morgan fingerprint density at radius 3 is 2.79 bits per heavy atom. The summed E-state index contributed by atoms with van der Waals surface area (Å²) < 4.78 is 6.44. The molecule has 0 amide bonds. The zero-order valence-corrected chi connectivity index (χ0v) is 12.4. The fourth-order valence-corrected chi connectivity index (χ4v) is 2.51. The first-order chi connectivity index (χ1) is 9.24. The lowest BCUT2D eigenvalue weighted by Gasteiger charge is -2.16. The smallest absolute Gasteiger partial charge is 0.122 e. The Hall–Kier alpha value is -1.39. The first-order valence-electron chi connectivity index (χ1n) is 6.18. The van der Waals surface area contributed by atoms with Gasteiger partial charge in [0.25, 0.3) is 0 Å². The Morgan fingerprint density at radius 2 is 2.16 bits per heavy atom. The Labute approximate surface area is 121 Å². The average Bonchev–Trinajstić information content (AvgIpc) is 2.46. The van der Waals surface area contributed by atoms with Gasteiger partial charge in [-0.05, 0) is 42.3 Å². The van der Waals surface area contributed by atoms with Gasteiger partial charge in [0.1, 0.15) is 5.75 Å². The standard InChI is InChI=1S/C15H17BrN2O/c1-19-15-6-5-13(16)9-11(15)8-12(10-17)14-4-2-3-7-18-14/h2-7,9,12H,8,10,17H2,1H3. The molecule has 1 aromatic carbocycles. The van der Waals surface area contributed by atoms with E-state index in [4.69, 9.17) is 10.5 Å². The zero-order valence-electron chi connectivity index (χ0n) is 10.8. The minimum absolute atomic E-state index is 0.199. The van der Waals surface area contributed by atoms with Gasteiger partial charge < -0.3 is 10.5 Å². The maximum absolute atomic E-state index is 5.89. The predicted octanol–water partition coefficient (Wildman–Crippen LogP) is 3.14. The number of nitrogens with two attached hydrogens (primary N) is 1. The Balaban J connectivity index is 2.26. The van der Waals surface area contributed by atoms with Gasteiger partial charge in [-0.25, -0.2) is 0 Å². The highest BCUT2D eigenvalue weighted by Crippen LogP contribution is 2.28. The number of ether oxygens (including phenoxy) is 1. The molecule has 2 aromatic rings. The molecule has 0 saturated carbocycles. The normalized spacial score (nSPS) is 12.2. The molecule has 0 bridgehead atoms. The molecule has 100 valence electrons. The van der Waals surface area contributed by atoms with E-state index in [1.165, 1.54) is 0 Å². The van der Waals surface area contributed by atoms with Crippen molar-refractivity contribution < 1.29 is 4.74 Å². The summed E-state index contributed by atoms with van der Waals surface area (Å²) in [6.45, 7) is 0.562. The number of halogens is 1. The third kappa shape index (κ3) is 3.55. The molecule has 0 spiro atoms. The topological polar surface area (TPSA) is 48.1 Å². The summed E-state index contributed by atoms with van der Waals surface area (Å²) in [5.74, 6) is 1.09. The second-order valence-corrected chi connectivity index (χ2v) is 5.26. The van der Waals surface area contributed by atoms with Crippen molar-refractivity contribution in [2.24, 2.45) is 5.73 Å². The van der Waals surface area contributed by atoms with Crippen LogP contribution < -0.4 is 10.5 Å². The molecule has 4 heteroatoms. The van der Waals surface area contributed by atoms with Crippen molar-refractivity contribution in [1.29, 1.82) is 0 Å². The fraction of sp³-hybridized carbons (Fsp3) is 0.267. The van der Waals surface area contributed by atoms with Gasteiger partial charge in [-0.15, -0.1) is 0 Å². The lowest BCUT2D eigenvalue weighted by atomic mass is 9.95. The van der Waals surface area contributed by atoms with E-state index in [2.05, 4.69) is 27.0 Å². The summed E-state index contributed by atoms with van der Waals surface area (Å²) >= 11 is 3.49. The van der Waals surface area contributed by atoms with E-state index < -0.39 is 0 Å². The largest absolute Gasteiger partial charge is 0.496 e. The van der Waals surface area contributed by atoms with Crippen molar-refractivity contribution in [1.82, 2.24) is 4.98 Å². The first kappa shape index (κ1) is 14.0. The van der Waals surface area contributed by atoms with Gasteiger partial charge in [-0.3, -0.25) is 4.98 Å². The zero-order chi connectivity index (χ0) is 13.7. The number of nitrogens with zero attached hydrogens (tertiary/aromatic N) is 1. The molecule has 2 N–H and O–H groups in total. The van der Waals surface area contributed by atoms with Crippen LogP contribution >= 0.6 is 15.9 Å². The van der Waals surface area contributed by atoms with Crippen LogP contribution in [-0.4, -0.2) is 18.6 Å². The van der Waals surface area contributed by atoms with Gasteiger partial charge in [0.05, 0.1) is 7.11 Å². The molecule has 19 heavy (non-hydrogen) atoms. The summed E-state index contributed by atoms with van der Waals surface area (Å²) in [7, 11) is 1.69. The molecule has 1 heterocycles. The van der Waals surface area contributed by atoms with E-state index in [9.17, 15) is 0 Å². The maximum atomic E-state index is 5.89. The highest BCUT2D eigenvalue weighted by atomic mass is 79.9. The quantitative estimate of drug-likeness (QED) is 0.920. The summed E-state index contributed by atoms with van der Waals surface area (Å²) in [6, 6.07) is 11.9. The maximum Gasteiger partial charge on any atom is 0.122 e. The van der Waals surface area contributed by atoms with Crippen molar-refractivity contribution in [2.45, 2.75) is 12.3 Å². The number of pyridine rings is 1. The molecule has 0 aliphatic heterocycles. The number of benzene rings is 1. The third-order valence-corrected chi connectivity index (χ3v) is 3.59. The monoisotopic (exact) mass is 320 g/mol. The van der Waals surface area contributed by atoms with Crippen molar-refractivity contribution in [2.75, 3.05) is 13.7 Å². The van der Waals surface area contributed by atoms with Crippen LogP contribution in [0.3, 0.4) is 0 Å². The minimum atomic E-state index is 0.199. The number of aromatic nitrogens is 1. The number of hydrogen-bond acceptors (Lipinski definition) is 3. The summed E-state index contributed by atoms with van der Waals surface area (Å²) in [4.78, 5) is 4.39. The van der Waals surface area contributed by atoms with Crippen LogP contribution in [0.1, 0.15) is 17.2 Å². The predicted molar refractivity (Wildman–Crippen MR) is 80.4 cm³/mol. The number of methoxy groups -OCH3 is 1. The fourth-order valence-electron chi connectivity index (χ4n) is 2.10. The van der Waals surface area contributed by atoms with Crippen molar-refractivity contribution in [3.8, 4) is 5.75 Å². The summed E-state index contributed by atoms with van der Waals surface area (Å²) in [5, 5.41) is 0. The van der Waals surface area contributed by atoms with E-state index in [1.54, 1.807) is 13.3 Å². The second-order valence-electron chi connectivity index (χ2n) is 4.35. The van der Waals surface area contributed by atoms with E-state index in [0.29, 0.717) is 6.54 Å². The van der Waals surface area contributed by atoms with E-state index in [1.807, 2.05) is 30.3 Å². The summed E-state index contributed by atoms with van der Waals surface area (Å²) in [6.07, 6.45) is 2.62. The lowest BCUT2D eigenvalue weighted by Crippen LogP contribution is -2.16. The first-order valence-corrected chi connectivity index (χ1v) is 6.97. The van der Waals surface area contributed by atoms with Crippen LogP contribution in [0.15, 0.2) is 47.1 Å². The molecule has 3 nitrogen and oxygen atoms in total. The van der Waals surface area contributed by atoms with Crippen LogP contribution in [0.4, 0.5) is 0 Å². The van der Waals surface area contributed by atoms with Crippen LogP contribution in [0.2, 0.25) is 0 Å². The lowest BCUT2D eigenvalue weighted by molar-refractivity contribution is 0.407. The molecule has 0 fully saturated rings. The van der Waals surface area contributed by atoms with Crippen molar-refractivity contribution in [3.05, 3.63) is 58.3 Å². The highest BCUT2D eigenvalue weighted by Gasteiger charge is 2.14. The van der Waals surface area contributed by atoms with Gasteiger partial charge in [-0.2, -0.15) is 0 Å². The van der Waals surface area contributed by atoms with Crippen LogP contribution in [0, 0.1) is 0 Å². The van der Waals surface area contributed by atoms with E-state index in [-0.39, 0.29) is 5.92 Å². The minimum Gasteiger partial charge on any atom is -0.496 e. The Morgan fingerprint density at radius 1 is 1.32 bits per heavy atom. The molecular weight excluding hydrogens is 304 g/mol. The molecule has 1 atom stereocenters. The van der Waals surface area contributed by atoms with Crippen LogP contribution in [0.5, 0.6) is 5.75 Å². The third-order valence-electron chi connectivity index (χ3n) is 3.10. The SMILES string of the molecule is COc1ccc(Br)cc1CC(CN)c1ccccn1. The molecule has 0 aliphatic carbocycles. The van der Waals surface area contributed by atoms with E-state index >= 15 is 0 Å². The Kier molecular flexibility index (Phi) is 4.93. The van der Waals surface area contributed by atoms with E-state index in [0.717, 1.165) is 27.9 Å². The summed E-state index contributed by atoms with van der Waals surface area (Å²) in [5.41, 5.74) is 8.05. The van der Waals surface area contributed by atoms with Crippen LogP contribution in [-0.2, 0) is 6.42 Å². The van der Waals surface area contributed by atoms with Crippen LogP contribution in [0.25, 0.3) is 0 Å². The molecule has 1 unspecified atom stereocenters. The molecule has 0 saturated heterocycles. The second kappa shape index (κ2) is 6.68. The highest BCUT2D eigenvalue weighted by molar-refractivity contribution is 9.10. The van der Waals surface area contributed by atoms with Gasteiger partial charge in [0, 0.05) is 28.8 Å². The van der Waals surface area contributed by atoms with Crippen molar-refractivity contribution in [3.63, 3.8) is 0 Å². The molecule has 2 rings (SSSR count). The molecule has 1 aromatic heterocycles. The van der Waals surface area contributed by atoms with Gasteiger partial charge in [0.15, 0.2) is 0 Å².